The Morgan fingerprint density at radius 2 is 1.68 bits per heavy atom. The molecule has 22 heavy (non-hydrogen) atoms. The summed E-state index contributed by atoms with van der Waals surface area (Å²) >= 11 is 0. The molecule has 1 heterocycles. The highest BCUT2D eigenvalue weighted by atomic mass is 16.5. The standard InChI is InChI=1S/C18H24O4/c1-11-8-6-7-9-17(11)10-18(14(4)20,15(5)21)16(12(2)19)13(3)22-17/h1,6-10H2,2-5H3. The zero-order chi connectivity index (χ0) is 16.7. The molecular weight excluding hydrogens is 280 g/mol. The van der Waals surface area contributed by atoms with Gasteiger partial charge in [0.15, 0.2) is 5.78 Å². The van der Waals surface area contributed by atoms with E-state index in [0.29, 0.717) is 5.76 Å². The molecule has 4 nitrogen and oxygen atoms in total. The molecule has 0 bridgehead atoms. The molecule has 1 aliphatic heterocycles. The van der Waals surface area contributed by atoms with E-state index in [4.69, 9.17) is 4.74 Å². The first kappa shape index (κ1) is 16.7. The molecule has 2 rings (SSSR count). The van der Waals surface area contributed by atoms with E-state index < -0.39 is 11.0 Å². The summed E-state index contributed by atoms with van der Waals surface area (Å²) < 4.78 is 6.11. The number of ether oxygens (including phenoxy) is 1. The van der Waals surface area contributed by atoms with Crippen LogP contribution in [0.3, 0.4) is 0 Å². The van der Waals surface area contributed by atoms with Crippen molar-refractivity contribution in [1.82, 2.24) is 0 Å². The summed E-state index contributed by atoms with van der Waals surface area (Å²) in [7, 11) is 0. The molecule has 0 aromatic rings. The fourth-order valence-electron chi connectivity index (χ4n) is 4.08. The number of rotatable bonds is 3. The first-order valence-corrected chi connectivity index (χ1v) is 7.79. The maximum atomic E-state index is 12.5. The van der Waals surface area contributed by atoms with Crippen molar-refractivity contribution in [3.8, 4) is 0 Å². The summed E-state index contributed by atoms with van der Waals surface area (Å²) in [6.07, 6.45) is 3.77. The highest BCUT2D eigenvalue weighted by molar-refractivity contribution is 6.16. The van der Waals surface area contributed by atoms with Crippen molar-refractivity contribution < 1.29 is 19.1 Å². The maximum absolute atomic E-state index is 12.5. The third-order valence-corrected chi connectivity index (χ3v) is 5.19. The quantitative estimate of drug-likeness (QED) is 0.593. The van der Waals surface area contributed by atoms with Crippen LogP contribution in [-0.4, -0.2) is 23.0 Å². The number of Topliss-reactive ketones (excluding diaryl/α,β-unsaturated/α-hetero) is 3. The molecule has 1 spiro atoms. The number of carbonyl (C=O) groups is 3. The van der Waals surface area contributed by atoms with Crippen molar-refractivity contribution in [3.05, 3.63) is 23.5 Å². The average Bonchev–Trinajstić information content (AvgIpc) is 2.40. The van der Waals surface area contributed by atoms with Crippen LogP contribution in [0.25, 0.3) is 0 Å². The Labute approximate surface area is 131 Å². The molecule has 1 unspecified atom stereocenters. The van der Waals surface area contributed by atoms with E-state index in [0.717, 1.165) is 31.3 Å². The van der Waals surface area contributed by atoms with Crippen molar-refractivity contribution in [2.24, 2.45) is 5.41 Å². The van der Waals surface area contributed by atoms with E-state index in [-0.39, 0.29) is 29.3 Å². The van der Waals surface area contributed by atoms with Crippen LogP contribution < -0.4 is 0 Å². The highest BCUT2D eigenvalue weighted by Crippen LogP contribution is 2.52. The summed E-state index contributed by atoms with van der Waals surface area (Å²) in [5.74, 6) is -0.456. The monoisotopic (exact) mass is 304 g/mol. The van der Waals surface area contributed by atoms with Crippen molar-refractivity contribution in [1.29, 1.82) is 0 Å². The van der Waals surface area contributed by atoms with Gasteiger partial charge >= 0.3 is 0 Å². The number of allylic oxidation sites excluding steroid dienone is 2. The number of hydrogen-bond donors (Lipinski definition) is 0. The largest absolute Gasteiger partial charge is 0.487 e. The topological polar surface area (TPSA) is 60.4 Å². The summed E-state index contributed by atoms with van der Waals surface area (Å²) in [6.45, 7) is 9.97. The Morgan fingerprint density at radius 3 is 2.14 bits per heavy atom. The molecule has 0 aromatic carbocycles. The molecule has 1 atom stereocenters. The van der Waals surface area contributed by atoms with Crippen LogP contribution in [0.2, 0.25) is 0 Å². The third-order valence-electron chi connectivity index (χ3n) is 5.19. The van der Waals surface area contributed by atoms with Crippen LogP contribution >= 0.6 is 0 Å². The Hall–Kier alpha value is -1.71. The molecule has 1 saturated carbocycles. The second-order valence-corrected chi connectivity index (χ2v) is 6.59. The van der Waals surface area contributed by atoms with Crippen LogP contribution in [0.5, 0.6) is 0 Å². The van der Waals surface area contributed by atoms with Gasteiger partial charge in [-0.25, -0.2) is 0 Å². The minimum atomic E-state index is -1.39. The van der Waals surface area contributed by atoms with Gasteiger partial charge in [0, 0.05) is 6.42 Å². The normalized spacial score (nSPS) is 27.5. The van der Waals surface area contributed by atoms with Gasteiger partial charge in [-0.15, -0.1) is 0 Å². The number of carbonyl (C=O) groups excluding carboxylic acids is 3. The lowest BCUT2D eigenvalue weighted by molar-refractivity contribution is -0.146. The molecule has 1 fully saturated rings. The summed E-state index contributed by atoms with van der Waals surface area (Å²) in [5.41, 5.74) is -0.948. The summed E-state index contributed by atoms with van der Waals surface area (Å²) in [5, 5.41) is 0. The summed E-state index contributed by atoms with van der Waals surface area (Å²) in [6, 6.07) is 0. The van der Waals surface area contributed by atoms with Crippen LogP contribution in [0.15, 0.2) is 23.5 Å². The molecule has 0 amide bonds. The van der Waals surface area contributed by atoms with Crippen LogP contribution in [0.1, 0.15) is 59.8 Å². The van der Waals surface area contributed by atoms with E-state index in [2.05, 4.69) is 6.58 Å². The van der Waals surface area contributed by atoms with E-state index in [1.165, 1.54) is 20.8 Å². The average molecular weight is 304 g/mol. The Kier molecular flexibility index (Phi) is 4.16. The van der Waals surface area contributed by atoms with Gasteiger partial charge in [0.1, 0.15) is 28.3 Å². The SMILES string of the molecule is C=C1CCCCC12CC(C(C)=O)(C(C)=O)C(C(C)=O)=C(C)O2. The Bertz CT molecular complexity index is 582. The minimum Gasteiger partial charge on any atom is -0.487 e. The molecular formula is C18H24O4. The fraction of sp³-hybridized carbons (Fsp3) is 0.611. The first-order chi connectivity index (χ1) is 10.2. The van der Waals surface area contributed by atoms with E-state index in [1.54, 1.807) is 6.92 Å². The lowest BCUT2D eigenvalue weighted by Crippen LogP contribution is -2.53. The van der Waals surface area contributed by atoms with Crippen LogP contribution in [-0.2, 0) is 19.1 Å². The Morgan fingerprint density at radius 1 is 1.09 bits per heavy atom. The predicted octanol–water partition coefficient (Wildman–Crippen LogP) is 3.30. The zero-order valence-corrected chi connectivity index (χ0v) is 13.9. The van der Waals surface area contributed by atoms with Crippen molar-refractivity contribution >= 4 is 17.3 Å². The molecule has 120 valence electrons. The van der Waals surface area contributed by atoms with Gasteiger partial charge in [-0.1, -0.05) is 6.58 Å². The maximum Gasteiger partial charge on any atom is 0.160 e. The molecule has 0 radical (unpaired) electrons. The van der Waals surface area contributed by atoms with E-state index >= 15 is 0 Å². The first-order valence-electron chi connectivity index (χ1n) is 7.79. The van der Waals surface area contributed by atoms with Gasteiger partial charge in [0.2, 0.25) is 0 Å². The van der Waals surface area contributed by atoms with Gasteiger partial charge in [0.25, 0.3) is 0 Å². The smallest absolute Gasteiger partial charge is 0.160 e. The summed E-state index contributed by atoms with van der Waals surface area (Å²) in [4.78, 5) is 37.0. The zero-order valence-electron chi connectivity index (χ0n) is 13.9. The van der Waals surface area contributed by atoms with Gasteiger partial charge in [-0.05, 0) is 59.0 Å². The number of ketones is 3. The Balaban J connectivity index is 2.69. The molecule has 2 aliphatic rings. The third kappa shape index (κ3) is 2.25. The lowest BCUT2D eigenvalue weighted by Gasteiger charge is -2.49. The van der Waals surface area contributed by atoms with Crippen LogP contribution in [0, 0.1) is 5.41 Å². The van der Waals surface area contributed by atoms with Crippen molar-refractivity contribution in [2.75, 3.05) is 0 Å². The van der Waals surface area contributed by atoms with E-state index in [1.807, 2.05) is 0 Å². The van der Waals surface area contributed by atoms with Gasteiger partial charge < -0.3 is 4.74 Å². The van der Waals surface area contributed by atoms with Gasteiger partial charge in [0.05, 0.1) is 5.57 Å². The second-order valence-electron chi connectivity index (χ2n) is 6.59. The minimum absolute atomic E-state index is 0.204. The molecule has 0 saturated heterocycles. The van der Waals surface area contributed by atoms with Crippen molar-refractivity contribution in [3.63, 3.8) is 0 Å². The van der Waals surface area contributed by atoms with Gasteiger partial charge in [-0.2, -0.15) is 0 Å². The lowest BCUT2D eigenvalue weighted by atomic mass is 9.60. The van der Waals surface area contributed by atoms with Gasteiger partial charge in [-0.3, -0.25) is 14.4 Å². The molecule has 4 heteroatoms. The molecule has 1 aliphatic carbocycles. The molecule has 0 aromatic heterocycles. The van der Waals surface area contributed by atoms with E-state index in [9.17, 15) is 14.4 Å². The second kappa shape index (κ2) is 5.49. The van der Waals surface area contributed by atoms with Crippen molar-refractivity contribution in [2.45, 2.75) is 65.4 Å². The van der Waals surface area contributed by atoms with Crippen LogP contribution in [0.4, 0.5) is 0 Å². The molecule has 0 N–H and O–H groups in total. The fourth-order valence-corrected chi connectivity index (χ4v) is 4.08. The predicted molar refractivity (Wildman–Crippen MR) is 83.2 cm³/mol. The highest BCUT2D eigenvalue weighted by Gasteiger charge is 2.57. The number of hydrogen-bond acceptors (Lipinski definition) is 4.